The van der Waals surface area contributed by atoms with E-state index in [0.29, 0.717) is 19.4 Å². The van der Waals surface area contributed by atoms with Gasteiger partial charge in [0.1, 0.15) is 11.4 Å². The Bertz CT molecular complexity index is 958. The van der Waals surface area contributed by atoms with Gasteiger partial charge in [0.15, 0.2) is 0 Å². The van der Waals surface area contributed by atoms with E-state index in [1.807, 2.05) is 44.2 Å². The van der Waals surface area contributed by atoms with Gasteiger partial charge in [-0.25, -0.2) is 4.79 Å². The lowest BCUT2D eigenvalue weighted by Crippen LogP contribution is -2.04. The second-order valence-electron chi connectivity index (χ2n) is 6.27. The van der Waals surface area contributed by atoms with Crippen LogP contribution in [-0.4, -0.2) is 22.7 Å². The van der Waals surface area contributed by atoms with Crippen LogP contribution in [0.2, 0.25) is 5.02 Å². The van der Waals surface area contributed by atoms with Crippen LogP contribution in [0.5, 0.6) is 5.75 Å². The largest absolute Gasteiger partial charge is 0.494 e. The average molecular weight is 437 g/mol. The third-order valence-electron chi connectivity index (χ3n) is 4.34. The number of hydrogen-bond acceptors (Lipinski definition) is 2. The third kappa shape index (κ3) is 3.74. The van der Waals surface area contributed by atoms with Gasteiger partial charge in [-0.2, -0.15) is 0 Å². The molecule has 0 unspecified atom stereocenters. The molecular formula is C20H19BrClNO3. The highest BCUT2D eigenvalue weighted by molar-refractivity contribution is 9.10. The molecule has 0 radical (unpaired) electrons. The van der Waals surface area contributed by atoms with E-state index < -0.39 is 5.97 Å². The fraction of sp³-hybridized carbons (Fsp3) is 0.250. The fourth-order valence-electron chi connectivity index (χ4n) is 3.13. The average Bonchev–Trinajstić information content (AvgIpc) is 2.97. The zero-order valence-electron chi connectivity index (χ0n) is 14.5. The summed E-state index contributed by atoms with van der Waals surface area (Å²) in [6.45, 7) is 4.40. The van der Waals surface area contributed by atoms with Crippen molar-refractivity contribution in [1.29, 1.82) is 0 Å². The molecule has 2 aromatic carbocycles. The smallest absolute Gasteiger partial charge is 0.352 e. The van der Waals surface area contributed by atoms with Crippen molar-refractivity contribution in [2.45, 2.75) is 26.7 Å². The molecule has 2 N–H and O–H groups in total. The van der Waals surface area contributed by atoms with Gasteiger partial charge in [-0.05, 0) is 67.6 Å². The second kappa shape index (κ2) is 7.72. The van der Waals surface area contributed by atoms with Crippen molar-refractivity contribution in [1.82, 2.24) is 4.98 Å². The maximum Gasteiger partial charge on any atom is 0.352 e. The molecule has 0 aliphatic heterocycles. The fourth-order valence-corrected chi connectivity index (χ4v) is 3.85. The number of aromatic amines is 1. The van der Waals surface area contributed by atoms with E-state index in [4.69, 9.17) is 16.3 Å². The van der Waals surface area contributed by atoms with Gasteiger partial charge in [-0.3, -0.25) is 0 Å². The summed E-state index contributed by atoms with van der Waals surface area (Å²) in [6.07, 6.45) is 1.31. The number of nitrogens with one attached hydrogen (secondary N) is 1. The van der Waals surface area contributed by atoms with Crippen LogP contribution < -0.4 is 4.74 Å². The first-order chi connectivity index (χ1) is 12.4. The van der Waals surface area contributed by atoms with Gasteiger partial charge >= 0.3 is 5.97 Å². The summed E-state index contributed by atoms with van der Waals surface area (Å²) >= 11 is 9.70. The number of aromatic carboxylic acids is 1. The standard InChI is InChI=1S/C20H19BrClNO3/c1-11-9-13(10-12(2)18(11)22)26-8-4-5-14-17-15(21)6-3-7-16(17)23-19(14)20(24)25/h3,6-7,9-10,23H,4-5,8H2,1-2H3,(H,24,25). The van der Waals surface area contributed by atoms with E-state index in [1.165, 1.54) is 0 Å². The Morgan fingerprint density at radius 1 is 1.27 bits per heavy atom. The minimum atomic E-state index is -0.951. The summed E-state index contributed by atoms with van der Waals surface area (Å²) in [4.78, 5) is 14.6. The number of benzene rings is 2. The molecule has 0 spiro atoms. The van der Waals surface area contributed by atoms with Crippen molar-refractivity contribution in [2.24, 2.45) is 0 Å². The lowest BCUT2D eigenvalue weighted by Gasteiger charge is -2.10. The summed E-state index contributed by atoms with van der Waals surface area (Å²) in [6, 6.07) is 9.51. The molecule has 0 atom stereocenters. The minimum Gasteiger partial charge on any atom is -0.494 e. The van der Waals surface area contributed by atoms with Crippen LogP contribution in [0.4, 0.5) is 0 Å². The van der Waals surface area contributed by atoms with E-state index in [-0.39, 0.29) is 5.69 Å². The lowest BCUT2D eigenvalue weighted by molar-refractivity contribution is 0.0690. The highest BCUT2D eigenvalue weighted by Gasteiger charge is 2.18. The van der Waals surface area contributed by atoms with E-state index in [2.05, 4.69) is 20.9 Å². The van der Waals surface area contributed by atoms with E-state index in [0.717, 1.165) is 42.8 Å². The van der Waals surface area contributed by atoms with Crippen LogP contribution in [0.3, 0.4) is 0 Å². The van der Waals surface area contributed by atoms with E-state index in [1.54, 1.807) is 0 Å². The molecule has 26 heavy (non-hydrogen) atoms. The molecule has 0 saturated heterocycles. The molecule has 0 saturated carbocycles. The Balaban J connectivity index is 1.74. The molecule has 1 aromatic heterocycles. The van der Waals surface area contributed by atoms with E-state index >= 15 is 0 Å². The second-order valence-corrected chi connectivity index (χ2v) is 7.50. The number of H-pyrrole nitrogens is 1. The number of hydrogen-bond donors (Lipinski definition) is 2. The van der Waals surface area contributed by atoms with Gasteiger partial charge in [-0.15, -0.1) is 0 Å². The van der Waals surface area contributed by atoms with E-state index in [9.17, 15) is 9.90 Å². The van der Waals surface area contributed by atoms with Crippen LogP contribution >= 0.6 is 27.5 Å². The Kier molecular flexibility index (Phi) is 5.58. The summed E-state index contributed by atoms with van der Waals surface area (Å²) in [5.74, 6) is -0.170. The minimum absolute atomic E-state index is 0.241. The lowest BCUT2D eigenvalue weighted by atomic mass is 10.1. The normalized spacial score (nSPS) is 11.1. The van der Waals surface area contributed by atoms with Crippen molar-refractivity contribution in [3.8, 4) is 5.75 Å². The zero-order chi connectivity index (χ0) is 18.8. The Morgan fingerprint density at radius 2 is 1.96 bits per heavy atom. The van der Waals surface area contributed by atoms with Gasteiger partial charge in [0, 0.05) is 20.4 Å². The molecule has 0 aliphatic rings. The number of ether oxygens (including phenoxy) is 1. The third-order valence-corrected chi connectivity index (χ3v) is 5.60. The van der Waals surface area contributed by atoms with Gasteiger partial charge in [-0.1, -0.05) is 33.6 Å². The van der Waals surface area contributed by atoms with Crippen LogP contribution in [-0.2, 0) is 6.42 Å². The van der Waals surface area contributed by atoms with Crippen molar-refractivity contribution in [2.75, 3.05) is 6.61 Å². The first-order valence-corrected chi connectivity index (χ1v) is 9.47. The van der Waals surface area contributed by atoms with Gasteiger partial charge in [0.2, 0.25) is 0 Å². The van der Waals surface area contributed by atoms with Crippen LogP contribution in [0, 0.1) is 13.8 Å². The molecule has 6 heteroatoms. The molecule has 0 aliphatic carbocycles. The highest BCUT2D eigenvalue weighted by atomic mass is 79.9. The Morgan fingerprint density at radius 3 is 2.62 bits per heavy atom. The van der Waals surface area contributed by atoms with Gasteiger partial charge in [0.05, 0.1) is 6.61 Å². The SMILES string of the molecule is Cc1cc(OCCCc2c(C(=O)O)[nH]c3cccc(Br)c23)cc(C)c1Cl. The molecule has 136 valence electrons. The van der Waals surface area contributed by atoms with Crippen LogP contribution in [0.15, 0.2) is 34.8 Å². The Hall–Kier alpha value is -1.98. The zero-order valence-corrected chi connectivity index (χ0v) is 16.9. The predicted octanol–water partition coefficient (Wildman–Crippen LogP) is 5.91. The van der Waals surface area contributed by atoms with Crippen molar-refractivity contribution < 1.29 is 14.6 Å². The molecular weight excluding hydrogens is 418 g/mol. The number of rotatable bonds is 6. The molecule has 0 amide bonds. The molecule has 3 rings (SSSR count). The maximum atomic E-state index is 11.6. The number of aromatic nitrogens is 1. The first kappa shape index (κ1) is 18.8. The summed E-state index contributed by atoms with van der Waals surface area (Å²) in [5, 5.41) is 11.2. The number of halogens is 2. The van der Waals surface area contributed by atoms with Crippen LogP contribution in [0.25, 0.3) is 10.9 Å². The quantitative estimate of drug-likeness (QED) is 0.472. The molecule has 3 aromatic rings. The van der Waals surface area contributed by atoms with Crippen LogP contribution in [0.1, 0.15) is 33.6 Å². The van der Waals surface area contributed by atoms with Crippen molar-refractivity contribution >= 4 is 44.4 Å². The summed E-state index contributed by atoms with van der Waals surface area (Å²) < 4.78 is 6.72. The summed E-state index contributed by atoms with van der Waals surface area (Å²) in [7, 11) is 0. The number of fused-ring (bicyclic) bond motifs is 1. The number of carboxylic acid groups (broad SMARTS) is 1. The highest BCUT2D eigenvalue weighted by Crippen LogP contribution is 2.31. The van der Waals surface area contributed by atoms with Crippen molar-refractivity contribution in [3.63, 3.8) is 0 Å². The summed E-state index contributed by atoms with van der Waals surface area (Å²) in [5.41, 5.74) is 3.82. The topological polar surface area (TPSA) is 62.3 Å². The predicted molar refractivity (Wildman–Crippen MR) is 108 cm³/mol. The van der Waals surface area contributed by atoms with Gasteiger partial charge < -0.3 is 14.8 Å². The molecule has 4 nitrogen and oxygen atoms in total. The molecule has 0 fully saturated rings. The number of carboxylic acids is 1. The first-order valence-electron chi connectivity index (χ1n) is 8.30. The van der Waals surface area contributed by atoms with Crippen molar-refractivity contribution in [3.05, 3.63) is 62.2 Å². The Labute approximate surface area is 165 Å². The number of carbonyl (C=O) groups is 1. The monoisotopic (exact) mass is 435 g/mol. The maximum absolute atomic E-state index is 11.6. The molecule has 1 heterocycles. The number of aryl methyl sites for hydroxylation is 3. The van der Waals surface area contributed by atoms with Gasteiger partial charge in [0.25, 0.3) is 0 Å². The molecule has 0 bridgehead atoms.